The number of nitrogens with two attached hydrogens (primary N) is 1. The van der Waals surface area contributed by atoms with Crippen LogP contribution in [0.25, 0.3) is 16.8 Å². The molecule has 0 unspecified atom stereocenters. The van der Waals surface area contributed by atoms with Crippen LogP contribution in [0.3, 0.4) is 0 Å². The summed E-state index contributed by atoms with van der Waals surface area (Å²) >= 11 is 0. The highest BCUT2D eigenvalue weighted by Crippen LogP contribution is 2.29. The third-order valence-electron chi connectivity index (χ3n) is 4.14. The summed E-state index contributed by atoms with van der Waals surface area (Å²) in [5.74, 6) is 0. The van der Waals surface area contributed by atoms with Gasteiger partial charge >= 0.3 is 6.18 Å². The van der Waals surface area contributed by atoms with E-state index in [1.807, 2.05) is 42.5 Å². The molecule has 0 bridgehead atoms. The number of fused-ring (bicyclic) bond motifs is 1. The largest absolute Gasteiger partial charge is 0.416 e. The van der Waals surface area contributed by atoms with E-state index in [1.165, 1.54) is 6.07 Å². The van der Waals surface area contributed by atoms with Gasteiger partial charge in [0.25, 0.3) is 0 Å². The fraction of sp³-hybridized carbons (Fsp3) is 0.143. The number of nitrogens with one attached hydrogen (secondary N) is 1. The van der Waals surface area contributed by atoms with E-state index in [9.17, 15) is 13.2 Å². The summed E-state index contributed by atoms with van der Waals surface area (Å²) in [6, 6.07) is 19.2. The lowest BCUT2D eigenvalue weighted by atomic mass is 10.0. The van der Waals surface area contributed by atoms with Gasteiger partial charge in [-0.05, 0) is 34.0 Å². The van der Waals surface area contributed by atoms with Crippen molar-refractivity contribution in [3.63, 3.8) is 0 Å². The first kappa shape index (κ1) is 18.2. The van der Waals surface area contributed by atoms with E-state index in [4.69, 9.17) is 5.73 Å². The Balaban J connectivity index is 1.65. The van der Waals surface area contributed by atoms with Gasteiger partial charge in [-0.2, -0.15) is 13.2 Å². The molecule has 5 heteroatoms. The van der Waals surface area contributed by atoms with Crippen molar-refractivity contribution in [3.8, 4) is 0 Å². The van der Waals surface area contributed by atoms with Crippen LogP contribution in [-0.4, -0.2) is 6.54 Å². The smallest absolute Gasteiger partial charge is 0.312 e. The molecule has 0 radical (unpaired) electrons. The standard InChI is InChI=1S/C21H19F3N2/c22-21(23,24)17-10-3-6-15(14-17)7-5-13-26-20(25)19-12-4-9-16-8-1-2-11-18(16)19/h1-12,14,20,26H,13,25H2/b7-5+/t20-/m0/s1. The van der Waals surface area contributed by atoms with E-state index in [0.717, 1.165) is 28.5 Å². The average molecular weight is 356 g/mol. The molecule has 3 N–H and O–H groups in total. The second-order valence-electron chi connectivity index (χ2n) is 5.98. The van der Waals surface area contributed by atoms with Crippen molar-refractivity contribution in [2.45, 2.75) is 12.3 Å². The van der Waals surface area contributed by atoms with Gasteiger partial charge in [-0.3, -0.25) is 5.32 Å². The molecule has 3 aromatic rings. The molecule has 0 amide bonds. The zero-order chi connectivity index (χ0) is 18.6. The summed E-state index contributed by atoms with van der Waals surface area (Å²) in [7, 11) is 0. The van der Waals surface area contributed by atoms with Crippen LogP contribution < -0.4 is 11.1 Å². The number of hydrogen-bond acceptors (Lipinski definition) is 2. The van der Waals surface area contributed by atoms with Gasteiger partial charge < -0.3 is 5.73 Å². The van der Waals surface area contributed by atoms with Crippen LogP contribution in [0.1, 0.15) is 22.9 Å². The molecule has 0 fully saturated rings. The van der Waals surface area contributed by atoms with Crippen molar-refractivity contribution in [1.29, 1.82) is 0 Å². The molecule has 0 saturated heterocycles. The Labute approximate surface area is 150 Å². The fourth-order valence-electron chi connectivity index (χ4n) is 2.84. The molecule has 0 aromatic heterocycles. The van der Waals surface area contributed by atoms with Crippen molar-refractivity contribution in [2.75, 3.05) is 6.54 Å². The summed E-state index contributed by atoms with van der Waals surface area (Å²) in [6.07, 6.45) is -1.29. The summed E-state index contributed by atoms with van der Waals surface area (Å²) in [6.45, 7) is 0.445. The summed E-state index contributed by atoms with van der Waals surface area (Å²) in [5, 5.41) is 5.37. The Morgan fingerprint density at radius 1 is 0.962 bits per heavy atom. The molecule has 0 aliphatic rings. The average Bonchev–Trinajstić information content (AvgIpc) is 2.64. The first-order chi connectivity index (χ1) is 12.4. The zero-order valence-corrected chi connectivity index (χ0v) is 14.0. The maximum atomic E-state index is 12.7. The first-order valence-electron chi connectivity index (χ1n) is 8.25. The number of halogens is 3. The van der Waals surface area contributed by atoms with Gasteiger partial charge in [0.1, 0.15) is 0 Å². The molecule has 0 spiro atoms. The molecule has 3 aromatic carbocycles. The predicted molar refractivity (Wildman–Crippen MR) is 99.4 cm³/mol. The van der Waals surface area contributed by atoms with E-state index in [2.05, 4.69) is 5.32 Å². The van der Waals surface area contributed by atoms with Crippen LogP contribution in [0.5, 0.6) is 0 Å². The Morgan fingerprint density at radius 2 is 1.69 bits per heavy atom. The first-order valence-corrected chi connectivity index (χ1v) is 8.25. The van der Waals surface area contributed by atoms with Gasteiger partial charge in [0.05, 0.1) is 11.7 Å². The maximum Gasteiger partial charge on any atom is 0.416 e. The molecule has 3 rings (SSSR count). The third-order valence-corrected chi connectivity index (χ3v) is 4.14. The van der Waals surface area contributed by atoms with E-state index < -0.39 is 11.7 Å². The number of hydrogen-bond donors (Lipinski definition) is 2. The minimum atomic E-state index is -4.33. The van der Waals surface area contributed by atoms with Gasteiger partial charge in [-0.15, -0.1) is 0 Å². The lowest BCUT2D eigenvalue weighted by Gasteiger charge is -2.15. The molecule has 1 atom stereocenters. The summed E-state index contributed by atoms with van der Waals surface area (Å²) in [5.41, 5.74) is 7.06. The van der Waals surface area contributed by atoms with Crippen LogP contribution in [0, 0.1) is 0 Å². The summed E-state index contributed by atoms with van der Waals surface area (Å²) < 4.78 is 38.2. The number of benzene rings is 3. The van der Waals surface area contributed by atoms with Crippen molar-refractivity contribution < 1.29 is 13.2 Å². The van der Waals surface area contributed by atoms with Gasteiger partial charge in [0, 0.05) is 6.54 Å². The second-order valence-corrected chi connectivity index (χ2v) is 5.98. The van der Waals surface area contributed by atoms with Gasteiger partial charge in [-0.25, -0.2) is 0 Å². The minimum Gasteiger partial charge on any atom is -0.312 e. The van der Waals surface area contributed by atoms with E-state index in [1.54, 1.807) is 18.2 Å². The van der Waals surface area contributed by atoms with Crippen LogP contribution in [0.4, 0.5) is 13.2 Å². The Hall–Kier alpha value is -2.63. The molecular weight excluding hydrogens is 337 g/mol. The van der Waals surface area contributed by atoms with Crippen LogP contribution >= 0.6 is 0 Å². The van der Waals surface area contributed by atoms with Crippen molar-refractivity contribution in [3.05, 3.63) is 89.5 Å². The summed E-state index contributed by atoms with van der Waals surface area (Å²) in [4.78, 5) is 0. The molecular formula is C21H19F3N2. The predicted octanol–water partition coefficient (Wildman–Crippen LogP) is 5.12. The van der Waals surface area contributed by atoms with Crippen molar-refractivity contribution in [2.24, 2.45) is 5.73 Å². The molecule has 134 valence electrons. The van der Waals surface area contributed by atoms with Gasteiger partial charge in [0.2, 0.25) is 0 Å². The lowest BCUT2D eigenvalue weighted by Crippen LogP contribution is -2.28. The SMILES string of the molecule is N[C@@H](NC/C=C/c1cccc(C(F)(F)F)c1)c1cccc2ccccc12. The van der Waals surface area contributed by atoms with Gasteiger partial charge in [-0.1, -0.05) is 66.7 Å². The highest BCUT2D eigenvalue weighted by molar-refractivity contribution is 5.86. The Bertz CT molecular complexity index is 911. The molecule has 0 saturated carbocycles. The highest BCUT2D eigenvalue weighted by Gasteiger charge is 2.30. The van der Waals surface area contributed by atoms with Crippen LogP contribution in [-0.2, 0) is 6.18 Å². The molecule has 0 heterocycles. The fourth-order valence-corrected chi connectivity index (χ4v) is 2.84. The third kappa shape index (κ3) is 4.31. The monoisotopic (exact) mass is 356 g/mol. The Kier molecular flexibility index (Phi) is 5.40. The normalized spacial score (nSPS) is 13.4. The molecule has 0 aliphatic heterocycles. The van der Waals surface area contributed by atoms with Crippen molar-refractivity contribution in [1.82, 2.24) is 5.32 Å². The lowest BCUT2D eigenvalue weighted by molar-refractivity contribution is -0.137. The quantitative estimate of drug-likeness (QED) is 0.623. The van der Waals surface area contributed by atoms with E-state index in [-0.39, 0.29) is 6.17 Å². The molecule has 26 heavy (non-hydrogen) atoms. The zero-order valence-electron chi connectivity index (χ0n) is 14.0. The topological polar surface area (TPSA) is 38.0 Å². The van der Waals surface area contributed by atoms with Crippen LogP contribution in [0.15, 0.2) is 72.8 Å². The number of rotatable bonds is 5. The highest BCUT2D eigenvalue weighted by atomic mass is 19.4. The minimum absolute atomic E-state index is 0.368. The molecule has 0 aliphatic carbocycles. The molecule has 2 nitrogen and oxygen atoms in total. The van der Waals surface area contributed by atoms with Crippen molar-refractivity contribution >= 4 is 16.8 Å². The van der Waals surface area contributed by atoms with Crippen LogP contribution in [0.2, 0.25) is 0 Å². The number of alkyl halides is 3. The van der Waals surface area contributed by atoms with E-state index >= 15 is 0 Å². The Morgan fingerprint density at radius 3 is 2.50 bits per heavy atom. The maximum absolute atomic E-state index is 12.7. The second kappa shape index (κ2) is 7.72. The van der Waals surface area contributed by atoms with Gasteiger partial charge in [0.15, 0.2) is 0 Å². The van der Waals surface area contributed by atoms with E-state index in [0.29, 0.717) is 12.1 Å².